The van der Waals surface area contributed by atoms with Crippen LogP contribution in [0.25, 0.3) is 0 Å². The molecule has 1 amide bonds. The number of carbonyl (C=O) groups excluding carboxylic acids is 1. The Morgan fingerprint density at radius 3 is 2.42 bits per heavy atom. The fourth-order valence-corrected chi connectivity index (χ4v) is 2.15. The Morgan fingerprint density at radius 1 is 1.42 bits per heavy atom. The van der Waals surface area contributed by atoms with Gasteiger partial charge in [0, 0.05) is 19.8 Å². The number of hydrogen-bond donors (Lipinski definition) is 1. The monoisotopic (exact) mass is 288 g/mol. The molecule has 0 radical (unpaired) electrons. The van der Waals surface area contributed by atoms with Crippen molar-refractivity contribution in [2.75, 3.05) is 31.3 Å². The molecule has 0 spiro atoms. The lowest BCUT2D eigenvalue weighted by molar-refractivity contribution is -0.130. The molecule has 0 atom stereocenters. The molecule has 0 fully saturated rings. The van der Waals surface area contributed by atoms with Gasteiger partial charge in [-0.15, -0.1) is 0 Å². The van der Waals surface area contributed by atoms with E-state index in [-0.39, 0.29) is 24.7 Å². The second-order valence-electron chi connectivity index (χ2n) is 4.69. The van der Waals surface area contributed by atoms with Gasteiger partial charge in [0.15, 0.2) is 0 Å². The third-order valence-electron chi connectivity index (χ3n) is 2.95. The first-order valence-corrected chi connectivity index (χ1v) is 7.89. The lowest BCUT2D eigenvalue weighted by atomic mass is 10.3. The van der Waals surface area contributed by atoms with E-state index in [0.717, 1.165) is 11.9 Å². The van der Waals surface area contributed by atoms with E-state index in [0.29, 0.717) is 11.4 Å². The largest absolute Gasteiger partial charge is 0.396 e. The van der Waals surface area contributed by atoms with Gasteiger partial charge in [0.2, 0.25) is 5.91 Å². The van der Waals surface area contributed by atoms with Gasteiger partial charge in [-0.25, -0.2) is 8.42 Å². The van der Waals surface area contributed by atoms with E-state index < -0.39 is 9.84 Å². The molecule has 0 aliphatic rings. The van der Waals surface area contributed by atoms with Crippen molar-refractivity contribution in [1.29, 1.82) is 0 Å². The molecular weight excluding hydrogens is 268 g/mol. The lowest BCUT2D eigenvalue weighted by Crippen LogP contribution is -2.34. The molecule has 108 valence electrons. The zero-order valence-corrected chi connectivity index (χ0v) is 12.5. The maximum Gasteiger partial charge on any atom is 0.244 e. The Morgan fingerprint density at radius 2 is 2.00 bits per heavy atom. The van der Waals surface area contributed by atoms with Crippen molar-refractivity contribution in [3.05, 3.63) is 11.4 Å². The number of rotatable bonds is 5. The zero-order valence-electron chi connectivity index (χ0n) is 11.7. The summed E-state index contributed by atoms with van der Waals surface area (Å²) < 4.78 is 23.6. The molecule has 0 saturated carbocycles. The van der Waals surface area contributed by atoms with Crippen LogP contribution in [0.2, 0.25) is 0 Å². The van der Waals surface area contributed by atoms with Gasteiger partial charge in [-0.1, -0.05) is 0 Å². The van der Waals surface area contributed by atoms with Crippen LogP contribution in [0, 0.1) is 13.8 Å². The molecule has 0 unspecified atom stereocenters. The maximum atomic E-state index is 11.9. The summed E-state index contributed by atoms with van der Waals surface area (Å²) in [6, 6.07) is 0. The van der Waals surface area contributed by atoms with E-state index in [4.69, 9.17) is 5.73 Å². The number of sulfone groups is 1. The highest BCUT2D eigenvalue weighted by Crippen LogP contribution is 2.14. The summed E-state index contributed by atoms with van der Waals surface area (Å²) in [6.45, 7) is 3.80. The average Bonchev–Trinajstić information content (AvgIpc) is 2.53. The van der Waals surface area contributed by atoms with Gasteiger partial charge < -0.3 is 10.6 Å². The highest BCUT2D eigenvalue weighted by Gasteiger charge is 2.15. The summed E-state index contributed by atoms with van der Waals surface area (Å²) in [5.41, 5.74) is 7.78. The molecule has 1 rings (SSSR count). The van der Waals surface area contributed by atoms with Crippen LogP contribution in [0.15, 0.2) is 0 Å². The number of nitrogens with zero attached hydrogens (tertiary/aromatic N) is 3. The van der Waals surface area contributed by atoms with E-state index in [1.54, 1.807) is 20.9 Å². The predicted octanol–water partition coefficient (Wildman–Crippen LogP) is -0.415. The highest BCUT2D eigenvalue weighted by molar-refractivity contribution is 7.90. The fraction of sp³-hybridized carbons (Fsp3) is 0.636. The van der Waals surface area contributed by atoms with Crippen molar-refractivity contribution in [3.63, 3.8) is 0 Å². The van der Waals surface area contributed by atoms with E-state index in [1.165, 1.54) is 9.58 Å². The van der Waals surface area contributed by atoms with Crippen LogP contribution in [0.1, 0.15) is 11.4 Å². The predicted molar refractivity (Wildman–Crippen MR) is 73.5 cm³/mol. The topological polar surface area (TPSA) is 98.3 Å². The number of hydrogen-bond acceptors (Lipinski definition) is 5. The Kier molecular flexibility index (Phi) is 4.56. The average molecular weight is 288 g/mol. The number of anilines is 1. The second-order valence-corrected chi connectivity index (χ2v) is 6.95. The molecule has 0 saturated heterocycles. The van der Waals surface area contributed by atoms with E-state index in [1.807, 2.05) is 0 Å². The number of carbonyl (C=O) groups is 1. The third kappa shape index (κ3) is 4.23. The summed E-state index contributed by atoms with van der Waals surface area (Å²) in [4.78, 5) is 13.3. The second kappa shape index (κ2) is 5.60. The number of amides is 1. The van der Waals surface area contributed by atoms with Crippen LogP contribution in [-0.4, -0.2) is 54.6 Å². The summed E-state index contributed by atoms with van der Waals surface area (Å²) in [6.07, 6.45) is 1.15. The molecule has 1 heterocycles. The molecule has 0 aliphatic heterocycles. The number of aromatic nitrogens is 2. The summed E-state index contributed by atoms with van der Waals surface area (Å²) in [5.74, 6) is -0.247. The summed E-state index contributed by atoms with van der Waals surface area (Å²) in [7, 11) is -1.50. The van der Waals surface area contributed by atoms with Gasteiger partial charge in [0.1, 0.15) is 16.4 Å². The summed E-state index contributed by atoms with van der Waals surface area (Å²) >= 11 is 0. The van der Waals surface area contributed by atoms with Crippen molar-refractivity contribution < 1.29 is 13.2 Å². The van der Waals surface area contributed by atoms with Gasteiger partial charge >= 0.3 is 0 Å². The number of nitrogens with two attached hydrogens (primary N) is 1. The Balaban J connectivity index is 2.66. The molecule has 8 heteroatoms. The van der Waals surface area contributed by atoms with Gasteiger partial charge in [-0.05, 0) is 13.8 Å². The minimum Gasteiger partial charge on any atom is -0.396 e. The molecular formula is C11H20N4O3S. The Bertz CT molecular complexity index is 577. The molecule has 1 aromatic heterocycles. The highest BCUT2D eigenvalue weighted by atomic mass is 32.2. The van der Waals surface area contributed by atoms with E-state index in [9.17, 15) is 13.2 Å². The van der Waals surface area contributed by atoms with Crippen LogP contribution < -0.4 is 5.73 Å². The normalized spacial score (nSPS) is 11.6. The van der Waals surface area contributed by atoms with Crippen LogP contribution >= 0.6 is 0 Å². The zero-order chi connectivity index (χ0) is 14.8. The van der Waals surface area contributed by atoms with Gasteiger partial charge in [0.25, 0.3) is 0 Å². The minimum absolute atomic E-state index is 0.0471. The van der Waals surface area contributed by atoms with E-state index >= 15 is 0 Å². The summed E-state index contributed by atoms with van der Waals surface area (Å²) in [5, 5.41) is 4.17. The van der Waals surface area contributed by atoms with Gasteiger partial charge in [0.05, 0.1) is 22.8 Å². The maximum absolute atomic E-state index is 11.9. The molecule has 0 bridgehead atoms. The smallest absolute Gasteiger partial charge is 0.244 e. The molecule has 0 aliphatic carbocycles. The first-order valence-electron chi connectivity index (χ1n) is 5.83. The number of likely N-dealkylation sites (N-methyl/N-ethyl adjacent to an activating group) is 1. The van der Waals surface area contributed by atoms with Crippen molar-refractivity contribution in [3.8, 4) is 0 Å². The van der Waals surface area contributed by atoms with Gasteiger partial charge in [-0.3, -0.25) is 9.48 Å². The SMILES string of the molecule is Cc1nn(CC(=O)N(C)CCS(C)(=O)=O)c(C)c1N. The first-order chi connectivity index (χ1) is 8.61. The van der Waals surface area contributed by atoms with Crippen molar-refractivity contribution in [1.82, 2.24) is 14.7 Å². The molecule has 1 aromatic rings. The van der Waals surface area contributed by atoms with Crippen LogP contribution in [-0.2, 0) is 21.2 Å². The fourth-order valence-electron chi connectivity index (χ4n) is 1.54. The Labute approximate surface area is 113 Å². The molecule has 7 nitrogen and oxygen atoms in total. The molecule has 19 heavy (non-hydrogen) atoms. The number of nitrogen functional groups attached to an aromatic ring is 1. The standard InChI is InChI=1S/C11H20N4O3S/c1-8-11(12)9(2)15(13-8)7-10(16)14(3)5-6-19(4,17)18/h5-7,12H2,1-4H3. The van der Waals surface area contributed by atoms with E-state index in [2.05, 4.69) is 5.10 Å². The molecule has 0 aromatic carbocycles. The van der Waals surface area contributed by atoms with Crippen LogP contribution in [0.5, 0.6) is 0 Å². The van der Waals surface area contributed by atoms with Crippen molar-refractivity contribution >= 4 is 21.4 Å². The van der Waals surface area contributed by atoms with Crippen LogP contribution in [0.3, 0.4) is 0 Å². The minimum atomic E-state index is -3.07. The Hall–Kier alpha value is -1.57. The van der Waals surface area contributed by atoms with Crippen molar-refractivity contribution in [2.45, 2.75) is 20.4 Å². The lowest BCUT2D eigenvalue weighted by Gasteiger charge is -2.17. The first kappa shape index (κ1) is 15.5. The third-order valence-corrected chi connectivity index (χ3v) is 3.87. The van der Waals surface area contributed by atoms with Gasteiger partial charge in [-0.2, -0.15) is 5.10 Å². The molecule has 2 N–H and O–H groups in total. The number of aryl methyl sites for hydroxylation is 1. The quantitative estimate of drug-likeness (QED) is 0.794. The van der Waals surface area contributed by atoms with Crippen molar-refractivity contribution in [2.24, 2.45) is 0 Å². The van der Waals surface area contributed by atoms with Crippen LogP contribution in [0.4, 0.5) is 5.69 Å².